The van der Waals surface area contributed by atoms with Crippen LogP contribution in [0.2, 0.25) is 0 Å². The first-order chi connectivity index (χ1) is 6.54. The molecule has 3 heteroatoms. The lowest BCUT2D eigenvalue weighted by Gasteiger charge is -2.11. The molecule has 0 aromatic heterocycles. The van der Waals surface area contributed by atoms with Gasteiger partial charge in [0.25, 0.3) is 0 Å². The van der Waals surface area contributed by atoms with Gasteiger partial charge in [0.15, 0.2) is 0 Å². The van der Waals surface area contributed by atoms with E-state index in [4.69, 9.17) is 34.8 Å². The molecular formula is C11H13Cl3. The molecule has 0 saturated heterocycles. The average molecular weight is 252 g/mol. The zero-order valence-corrected chi connectivity index (χ0v) is 10.3. The lowest BCUT2D eigenvalue weighted by molar-refractivity contribution is 0.795. The summed E-state index contributed by atoms with van der Waals surface area (Å²) in [6.45, 7) is 2.18. The maximum atomic E-state index is 5.75. The van der Waals surface area contributed by atoms with Gasteiger partial charge in [-0.2, -0.15) is 0 Å². The fraction of sp³-hybridized carbons (Fsp3) is 0.455. The van der Waals surface area contributed by atoms with Crippen LogP contribution in [0.15, 0.2) is 24.3 Å². The van der Waals surface area contributed by atoms with Crippen LogP contribution < -0.4 is 0 Å². The molecule has 0 aliphatic rings. The first-order valence-corrected chi connectivity index (χ1v) is 5.83. The summed E-state index contributed by atoms with van der Waals surface area (Å²) in [5, 5.41) is 0. The Morgan fingerprint density at radius 2 is 1.64 bits per heavy atom. The van der Waals surface area contributed by atoms with Crippen LogP contribution in [0.4, 0.5) is 0 Å². The molecule has 0 amide bonds. The number of halogens is 3. The maximum absolute atomic E-state index is 5.75. The molecule has 0 aliphatic carbocycles. The van der Waals surface area contributed by atoms with Crippen molar-refractivity contribution in [1.29, 1.82) is 0 Å². The molecule has 0 fully saturated rings. The van der Waals surface area contributed by atoms with Crippen LogP contribution in [-0.4, -0.2) is 0 Å². The minimum atomic E-state index is -1.30. The monoisotopic (exact) mass is 250 g/mol. The van der Waals surface area contributed by atoms with Gasteiger partial charge in [-0.25, -0.2) is 0 Å². The standard InChI is InChI=1S/C11H13Cl3/c1-2-3-4-9-5-7-10(8-6-9)11(12,13)14/h5-8H,2-4H2,1H3. The quantitative estimate of drug-likeness (QED) is 0.673. The number of aryl methyl sites for hydroxylation is 1. The summed E-state index contributed by atoms with van der Waals surface area (Å²) in [4.78, 5) is 0. The minimum absolute atomic E-state index is 0.725. The Bertz CT molecular complexity index is 272. The van der Waals surface area contributed by atoms with E-state index in [1.807, 2.05) is 24.3 Å². The molecule has 1 aromatic rings. The normalized spacial score (nSPS) is 11.7. The predicted molar refractivity (Wildman–Crippen MR) is 64.3 cm³/mol. The smallest absolute Gasteiger partial charge is 0.0784 e. The highest BCUT2D eigenvalue weighted by molar-refractivity contribution is 6.66. The van der Waals surface area contributed by atoms with Crippen LogP contribution >= 0.6 is 34.8 Å². The Kier molecular flexibility index (Phi) is 4.56. The molecule has 78 valence electrons. The summed E-state index contributed by atoms with van der Waals surface area (Å²) in [6, 6.07) is 7.79. The summed E-state index contributed by atoms with van der Waals surface area (Å²) >= 11 is 17.2. The largest absolute Gasteiger partial charge is 0.216 e. The van der Waals surface area contributed by atoms with E-state index >= 15 is 0 Å². The molecule has 0 aliphatic heterocycles. The van der Waals surface area contributed by atoms with Crippen molar-refractivity contribution in [3.8, 4) is 0 Å². The van der Waals surface area contributed by atoms with Crippen molar-refractivity contribution in [2.24, 2.45) is 0 Å². The number of hydrogen-bond donors (Lipinski definition) is 0. The minimum Gasteiger partial charge on any atom is -0.0784 e. The fourth-order valence-corrected chi connectivity index (χ4v) is 1.62. The Hall–Kier alpha value is 0.0900. The van der Waals surface area contributed by atoms with Crippen LogP contribution in [-0.2, 0) is 10.2 Å². The first-order valence-electron chi connectivity index (χ1n) is 4.70. The average Bonchev–Trinajstić information content (AvgIpc) is 2.14. The molecular weight excluding hydrogens is 238 g/mol. The Balaban J connectivity index is 2.69. The molecule has 0 N–H and O–H groups in total. The molecule has 14 heavy (non-hydrogen) atoms. The van der Waals surface area contributed by atoms with E-state index in [9.17, 15) is 0 Å². The van der Waals surface area contributed by atoms with Gasteiger partial charge < -0.3 is 0 Å². The van der Waals surface area contributed by atoms with Crippen LogP contribution in [0.25, 0.3) is 0 Å². The van der Waals surface area contributed by atoms with E-state index in [-0.39, 0.29) is 0 Å². The van der Waals surface area contributed by atoms with Gasteiger partial charge >= 0.3 is 0 Å². The molecule has 0 heterocycles. The molecule has 0 nitrogen and oxygen atoms in total. The summed E-state index contributed by atoms with van der Waals surface area (Å²) in [5.41, 5.74) is 2.02. The Morgan fingerprint density at radius 3 is 2.07 bits per heavy atom. The van der Waals surface area contributed by atoms with Gasteiger partial charge in [-0.1, -0.05) is 72.4 Å². The maximum Gasteiger partial charge on any atom is 0.216 e. The van der Waals surface area contributed by atoms with Gasteiger partial charge in [-0.3, -0.25) is 0 Å². The second-order valence-electron chi connectivity index (χ2n) is 3.30. The predicted octanol–water partition coefficient (Wildman–Crippen LogP) is 4.86. The van der Waals surface area contributed by atoms with Gasteiger partial charge in [0.2, 0.25) is 3.79 Å². The third kappa shape index (κ3) is 3.68. The highest BCUT2D eigenvalue weighted by Crippen LogP contribution is 2.37. The number of unbranched alkanes of at least 4 members (excludes halogenated alkanes) is 1. The summed E-state index contributed by atoms with van der Waals surface area (Å²) in [7, 11) is 0. The van der Waals surface area contributed by atoms with Crippen molar-refractivity contribution < 1.29 is 0 Å². The number of rotatable bonds is 3. The van der Waals surface area contributed by atoms with Gasteiger partial charge in [0.1, 0.15) is 0 Å². The number of benzene rings is 1. The van der Waals surface area contributed by atoms with Crippen molar-refractivity contribution in [2.75, 3.05) is 0 Å². The topological polar surface area (TPSA) is 0 Å². The zero-order chi connectivity index (χ0) is 10.6. The molecule has 0 unspecified atom stereocenters. The van der Waals surface area contributed by atoms with Gasteiger partial charge in [-0.05, 0) is 18.4 Å². The Labute approximate surface area is 100 Å². The van der Waals surface area contributed by atoms with Crippen molar-refractivity contribution in [2.45, 2.75) is 30.0 Å². The van der Waals surface area contributed by atoms with Gasteiger partial charge in [-0.15, -0.1) is 0 Å². The van der Waals surface area contributed by atoms with Crippen molar-refractivity contribution in [3.63, 3.8) is 0 Å². The molecule has 0 atom stereocenters. The highest BCUT2D eigenvalue weighted by Gasteiger charge is 2.21. The lowest BCUT2D eigenvalue weighted by Crippen LogP contribution is -1.99. The SMILES string of the molecule is CCCCc1ccc(C(Cl)(Cl)Cl)cc1. The molecule has 0 bridgehead atoms. The first kappa shape index (κ1) is 12.2. The summed E-state index contributed by atoms with van der Waals surface area (Å²) < 4.78 is -1.30. The van der Waals surface area contributed by atoms with E-state index < -0.39 is 3.79 Å². The van der Waals surface area contributed by atoms with Crippen molar-refractivity contribution >= 4 is 34.8 Å². The molecule has 1 aromatic carbocycles. The second kappa shape index (κ2) is 5.25. The summed E-state index contributed by atoms with van der Waals surface area (Å²) in [6.07, 6.45) is 3.50. The molecule has 0 saturated carbocycles. The van der Waals surface area contributed by atoms with Crippen LogP contribution in [0.1, 0.15) is 30.9 Å². The fourth-order valence-electron chi connectivity index (χ4n) is 1.24. The van der Waals surface area contributed by atoms with Crippen LogP contribution in [0.5, 0.6) is 0 Å². The van der Waals surface area contributed by atoms with Gasteiger partial charge in [0, 0.05) is 5.56 Å². The number of alkyl halides is 3. The molecule has 0 spiro atoms. The third-order valence-electron chi connectivity index (χ3n) is 2.10. The third-order valence-corrected chi connectivity index (χ3v) is 2.75. The van der Waals surface area contributed by atoms with E-state index in [1.165, 1.54) is 18.4 Å². The highest BCUT2D eigenvalue weighted by atomic mass is 35.6. The van der Waals surface area contributed by atoms with Crippen molar-refractivity contribution in [3.05, 3.63) is 35.4 Å². The molecule has 0 radical (unpaired) electrons. The zero-order valence-electron chi connectivity index (χ0n) is 8.06. The van der Waals surface area contributed by atoms with E-state index in [2.05, 4.69) is 6.92 Å². The van der Waals surface area contributed by atoms with E-state index in [1.54, 1.807) is 0 Å². The van der Waals surface area contributed by atoms with Crippen LogP contribution in [0.3, 0.4) is 0 Å². The Morgan fingerprint density at radius 1 is 1.07 bits per heavy atom. The number of hydrogen-bond acceptors (Lipinski definition) is 0. The van der Waals surface area contributed by atoms with E-state index in [0.29, 0.717) is 0 Å². The van der Waals surface area contributed by atoms with Crippen LogP contribution in [0, 0.1) is 0 Å². The van der Waals surface area contributed by atoms with Crippen molar-refractivity contribution in [1.82, 2.24) is 0 Å². The second-order valence-corrected chi connectivity index (χ2v) is 5.58. The summed E-state index contributed by atoms with van der Waals surface area (Å²) in [5.74, 6) is 0. The molecule has 1 rings (SSSR count). The van der Waals surface area contributed by atoms with E-state index in [0.717, 1.165) is 12.0 Å². The lowest BCUT2D eigenvalue weighted by atomic mass is 10.1. The van der Waals surface area contributed by atoms with Gasteiger partial charge in [0.05, 0.1) is 0 Å².